The fraction of sp³-hybridized carbons (Fsp3) is 0.0625. The van der Waals surface area contributed by atoms with Crippen LogP contribution in [0.25, 0.3) is 6.08 Å². The number of hydrogen-bond acceptors (Lipinski definition) is 5. The molecule has 110 valence electrons. The van der Waals surface area contributed by atoms with Crippen molar-refractivity contribution in [3.63, 3.8) is 0 Å². The summed E-state index contributed by atoms with van der Waals surface area (Å²) < 4.78 is 10.3. The average molecular weight is 315 g/mol. The van der Waals surface area contributed by atoms with Crippen molar-refractivity contribution in [2.45, 2.75) is 0 Å². The quantitative estimate of drug-likeness (QED) is 0.645. The molecular formula is C16H11ClN2O3. The fourth-order valence-electron chi connectivity index (χ4n) is 1.93. The van der Waals surface area contributed by atoms with Crippen LogP contribution in [0.5, 0.6) is 5.75 Å². The third-order valence-corrected chi connectivity index (χ3v) is 3.19. The first-order valence-corrected chi connectivity index (χ1v) is 6.82. The summed E-state index contributed by atoms with van der Waals surface area (Å²) in [6, 6.07) is 10.5. The van der Waals surface area contributed by atoms with Gasteiger partial charge in [0, 0.05) is 11.2 Å². The molecule has 2 aromatic rings. The van der Waals surface area contributed by atoms with E-state index in [-0.39, 0.29) is 11.6 Å². The number of hydrogen-bond donors (Lipinski definition) is 0. The molecule has 0 amide bonds. The van der Waals surface area contributed by atoms with Gasteiger partial charge in [-0.3, -0.25) is 4.98 Å². The van der Waals surface area contributed by atoms with Gasteiger partial charge in [-0.15, -0.1) is 0 Å². The van der Waals surface area contributed by atoms with Crippen molar-refractivity contribution in [2.75, 3.05) is 7.11 Å². The van der Waals surface area contributed by atoms with E-state index in [2.05, 4.69) is 9.98 Å². The van der Waals surface area contributed by atoms with Gasteiger partial charge in [0.25, 0.3) is 0 Å². The zero-order valence-electron chi connectivity index (χ0n) is 11.6. The zero-order valence-corrected chi connectivity index (χ0v) is 12.4. The molecule has 0 atom stereocenters. The number of methoxy groups -OCH3 is 1. The monoisotopic (exact) mass is 314 g/mol. The van der Waals surface area contributed by atoms with Crippen molar-refractivity contribution in [2.24, 2.45) is 4.99 Å². The van der Waals surface area contributed by atoms with E-state index in [9.17, 15) is 4.79 Å². The topological polar surface area (TPSA) is 60.8 Å². The van der Waals surface area contributed by atoms with Crippen LogP contribution in [0.4, 0.5) is 0 Å². The molecule has 0 saturated heterocycles. The second kappa shape index (κ2) is 5.99. The van der Waals surface area contributed by atoms with Crippen molar-refractivity contribution in [3.05, 3.63) is 64.6 Å². The van der Waals surface area contributed by atoms with Crippen LogP contribution in [0.3, 0.4) is 0 Å². The molecule has 1 aromatic heterocycles. The minimum atomic E-state index is -0.528. The van der Waals surface area contributed by atoms with Crippen LogP contribution in [0, 0.1) is 0 Å². The number of benzene rings is 1. The summed E-state index contributed by atoms with van der Waals surface area (Å²) in [6.07, 6.45) is 3.15. The molecule has 2 heterocycles. The van der Waals surface area contributed by atoms with Gasteiger partial charge in [-0.2, -0.15) is 0 Å². The molecule has 0 radical (unpaired) electrons. The summed E-state index contributed by atoms with van der Waals surface area (Å²) in [4.78, 5) is 20.2. The van der Waals surface area contributed by atoms with E-state index in [1.54, 1.807) is 31.4 Å². The van der Waals surface area contributed by atoms with Gasteiger partial charge in [0.15, 0.2) is 5.70 Å². The van der Waals surface area contributed by atoms with E-state index in [4.69, 9.17) is 21.1 Å². The highest BCUT2D eigenvalue weighted by Crippen LogP contribution is 2.21. The first kappa shape index (κ1) is 14.3. The van der Waals surface area contributed by atoms with Gasteiger partial charge in [0.1, 0.15) is 11.4 Å². The Bertz CT molecular complexity index is 799. The van der Waals surface area contributed by atoms with Crippen LogP contribution in [-0.4, -0.2) is 24.0 Å². The Kier molecular flexibility index (Phi) is 3.89. The SMILES string of the molecule is COc1cccc(/C=C2\N=C(c3cc(Cl)ccn3)OC2=O)c1. The standard InChI is InChI=1S/C16H11ClN2O3/c1-21-12-4-2-3-10(7-12)8-14-16(20)22-15(19-14)13-9-11(17)5-6-18-13/h2-9H,1H3/b14-8-. The van der Waals surface area contributed by atoms with E-state index < -0.39 is 5.97 Å². The zero-order chi connectivity index (χ0) is 15.5. The first-order valence-electron chi connectivity index (χ1n) is 6.44. The second-order valence-electron chi connectivity index (χ2n) is 4.47. The Labute approximate surface area is 131 Å². The molecule has 1 aliphatic heterocycles. The Morgan fingerprint density at radius 1 is 1.27 bits per heavy atom. The minimum absolute atomic E-state index is 0.140. The number of esters is 1. The molecule has 3 rings (SSSR count). The number of aliphatic imine (C=N–C) groups is 1. The van der Waals surface area contributed by atoms with Gasteiger partial charge in [0.05, 0.1) is 7.11 Å². The van der Waals surface area contributed by atoms with Crippen LogP contribution in [0.2, 0.25) is 5.02 Å². The van der Waals surface area contributed by atoms with Gasteiger partial charge in [-0.05, 0) is 35.9 Å². The average Bonchev–Trinajstić information content (AvgIpc) is 2.89. The molecule has 6 heteroatoms. The van der Waals surface area contributed by atoms with Crippen LogP contribution in [-0.2, 0) is 9.53 Å². The normalized spacial score (nSPS) is 15.6. The molecular weight excluding hydrogens is 304 g/mol. The highest BCUT2D eigenvalue weighted by atomic mass is 35.5. The van der Waals surface area contributed by atoms with Gasteiger partial charge in [0.2, 0.25) is 5.90 Å². The Balaban J connectivity index is 1.94. The number of aromatic nitrogens is 1. The summed E-state index contributed by atoms with van der Waals surface area (Å²) in [7, 11) is 1.58. The summed E-state index contributed by atoms with van der Waals surface area (Å²) in [5.41, 5.74) is 1.40. The molecule has 0 spiro atoms. The predicted octanol–water partition coefficient (Wildman–Crippen LogP) is 3.09. The highest BCUT2D eigenvalue weighted by Gasteiger charge is 2.25. The molecule has 0 fully saturated rings. The molecule has 0 bridgehead atoms. The lowest BCUT2D eigenvalue weighted by molar-refractivity contribution is -0.129. The smallest absolute Gasteiger partial charge is 0.363 e. The van der Waals surface area contributed by atoms with E-state index in [0.29, 0.717) is 16.5 Å². The van der Waals surface area contributed by atoms with Crippen molar-refractivity contribution < 1.29 is 14.3 Å². The summed E-state index contributed by atoms with van der Waals surface area (Å²) in [5, 5.41) is 0.494. The Hall–Kier alpha value is -2.66. The van der Waals surface area contributed by atoms with Gasteiger partial charge in [-0.1, -0.05) is 23.7 Å². The van der Waals surface area contributed by atoms with Gasteiger partial charge < -0.3 is 9.47 Å². The largest absolute Gasteiger partial charge is 0.497 e. The lowest BCUT2D eigenvalue weighted by atomic mass is 10.2. The van der Waals surface area contributed by atoms with Crippen molar-refractivity contribution in [3.8, 4) is 5.75 Å². The summed E-state index contributed by atoms with van der Waals surface area (Å²) in [6.45, 7) is 0. The first-order chi connectivity index (χ1) is 10.7. The number of pyridine rings is 1. The van der Waals surface area contributed by atoms with Crippen LogP contribution in [0.15, 0.2) is 53.3 Å². The maximum absolute atomic E-state index is 11.9. The molecule has 0 saturated carbocycles. The molecule has 5 nitrogen and oxygen atoms in total. The van der Waals surface area contributed by atoms with Gasteiger partial charge >= 0.3 is 5.97 Å². The van der Waals surface area contributed by atoms with E-state index in [0.717, 1.165) is 5.56 Å². The van der Waals surface area contributed by atoms with Crippen LogP contribution in [0.1, 0.15) is 11.3 Å². The number of cyclic esters (lactones) is 1. The number of nitrogens with zero attached hydrogens (tertiary/aromatic N) is 2. The van der Waals surface area contributed by atoms with E-state index >= 15 is 0 Å². The molecule has 1 aliphatic rings. The maximum atomic E-state index is 11.9. The van der Waals surface area contributed by atoms with E-state index in [1.807, 2.05) is 18.2 Å². The number of rotatable bonds is 3. The van der Waals surface area contributed by atoms with E-state index in [1.165, 1.54) is 6.20 Å². The van der Waals surface area contributed by atoms with Gasteiger partial charge in [-0.25, -0.2) is 9.79 Å². The predicted molar refractivity (Wildman–Crippen MR) is 82.8 cm³/mol. The second-order valence-corrected chi connectivity index (χ2v) is 4.91. The highest BCUT2D eigenvalue weighted by molar-refractivity contribution is 6.31. The molecule has 22 heavy (non-hydrogen) atoms. The summed E-state index contributed by atoms with van der Waals surface area (Å²) >= 11 is 5.90. The fourth-order valence-corrected chi connectivity index (χ4v) is 2.09. The third-order valence-electron chi connectivity index (χ3n) is 2.96. The number of halogens is 1. The maximum Gasteiger partial charge on any atom is 0.363 e. The van der Waals surface area contributed by atoms with Crippen molar-refractivity contribution >= 4 is 29.5 Å². The lowest BCUT2D eigenvalue weighted by Crippen LogP contribution is -2.06. The molecule has 0 N–H and O–H groups in total. The van der Waals surface area contributed by atoms with Crippen molar-refractivity contribution in [1.29, 1.82) is 0 Å². The Morgan fingerprint density at radius 3 is 2.91 bits per heavy atom. The minimum Gasteiger partial charge on any atom is -0.497 e. The number of carbonyl (C=O) groups excluding carboxylic acids is 1. The lowest BCUT2D eigenvalue weighted by Gasteiger charge is -2.00. The van der Waals surface area contributed by atoms with Crippen molar-refractivity contribution in [1.82, 2.24) is 4.98 Å². The van der Waals surface area contributed by atoms with Crippen LogP contribution >= 0.6 is 11.6 Å². The third kappa shape index (κ3) is 2.99. The molecule has 1 aromatic carbocycles. The Morgan fingerprint density at radius 2 is 2.14 bits per heavy atom. The molecule has 0 aliphatic carbocycles. The molecule has 0 unspecified atom stereocenters. The van der Waals surface area contributed by atoms with Crippen LogP contribution < -0.4 is 4.74 Å². The summed E-state index contributed by atoms with van der Waals surface area (Å²) in [5.74, 6) is 0.308. The number of ether oxygens (including phenoxy) is 2. The number of carbonyl (C=O) groups is 1.